The Balaban J connectivity index is 1.39. The predicted octanol–water partition coefficient (Wildman–Crippen LogP) is 4.78. The summed E-state index contributed by atoms with van der Waals surface area (Å²) >= 11 is 0. The number of anilines is 1. The molecule has 0 radical (unpaired) electrons. The van der Waals surface area contributed by atoms with Crippen LogP contribution in [0.4, 0.5) is 32.2 Å². The molecule has 1 aliphatic heterocycles. The summed E-state index contributed by atoms with van der Waals surface area (Å²) < 4.78 is 111. The molecule has 1 aromatic heterocycles. The molecule has 0 atom stereocenters. The van der Waals surface area contributed by atoms with Gasteiger partial charge in [0, 0.05) is 32.7 Å². The van der Waals surface area contributed by atoms with Crippen LogP contribution < -0.4 is 19.1 Å². The number of halogens is 6. The zero-order valence-corrected chi connectivity index (χ0v) is 24.7. The molecule has 1 aliphatic rings. The molecule has 10 nitrogen and oxygen atoms in total. The third kappa shape index (κ3) is 10.5. The molecule has 45 heavy (non-hydrogen) atoms. The lowest BCUT2D eigenvalue weighted by molar-refractivity contribution is -0.274. The fourth-order valence-electron chi connectivity index (χ4n) is 4.55. The molecule has 17 heteroatoms. The first-order valence-electron chi connectivity index (χ1n) is 13.6. The van der Waals surface area contributed by atoms with Crippen molar-refractivity contribution in [2.24, 2.45) is 0 Å². The van der Waals surface area contributed by atoms with Gasteiger partial charge < -0.3 is 14.4 Å². The van der Waals surface area contributed by atoms with Gasteiger partial charge in [-0.2, -0.15) is 13.2 Å². The number of hydrogen-bond acceptors (Lipinski definition) is 9. The second-order valence-corrected chi connectivity index (χ2v) is 11.9. The van der Waals surface area contributed by atoms with E-state index in [0.717, 1.165) is 0 Å². The van der Waals surface area contributed by atoms with Crippen LogP contribution in [-0.2, 0) is 16.6 Å². The lowest BCUT2D eigenvalue weighted by Crippen LogP contribution is -2.46. The predicted molar refractivity (Wildman–Crippen MR) is 151 cm³/mol. The van der Waals surface area contributed by atoms with E-state index >= 15 is 0 Å². The Kier molecular flexibility index (Phi) is 10.4. The van der Waals surface area contributed by atoms with E-state index in [1.165, 1.54) is 24.3 Å². The number of nitrogens with zero attached hydrogens (tertiary/aromatic N) is 4. The van der Waals surface area contributed by atoms with Crippen molar-refractivity contribution >= 4 is 21.7 Å². The van der Waals surface area contributed by atoms with Crippen molar-refractivity contribution in [3.63, 3.8) is 0 Å². The molecule has 0 saturated carbocycles. The van der Waals surface area contributed by atoms with Crippen LogP contribution in [0.15, 0.2) is 54.6 Å². The van der Waals surface area contributed by atoms with Crippen LogP contribution in [-0.4, -0.2) is 80.5 Å². The molecule has 0 spiro atoms. The minimum atomic E-state index is -4.87. The monoisotopic (exact) mass is 661 g/mol. The maximum atomic E-state index is 13.1. The van der Waals surface area contributed by atoms with Gasteiger partial charge in [0.25, 0.3) is 5.91 Å². The average Bonchev–Trinajstić information content (AvgIpc) is 2.95. The third-order valence-electron chi connectivity index (χ3n) is 6.57. The number of sulfonamides is 1. The van der Waals surface area contributed by atoms with Gasteiger partial charge >= 0.3 is 12.5 Å². The second kappa shape index (κ2) is 13.9. The van der Waals surface area contributed by atoms with Gasteiger partial charge in [0.15, 0.2) is 11.5 Å². The first-order chi connectivity index (χ1) is 21.1. The summed E-state index contributed by atoms with van der Waals surface area (Å²) in [7, 11) is -4.53. The molecule has 2 heterocycles. The Morgan fingerprint density at radius 1 is 0.911 bits per heavy atom. The van der Waals surface area contributed by atoms with E-state index < -0.39 is 46.3 Å². The van der Waals surface area contributed by atoms with Crippen molar-refractivity contribution in [1.29, 1.82) is 0 Å². The summed E-state index contributed by atoms with van der Waals surface area (Å²) in [4.78, 5) is 16.1. The Morgan fingerprint density at radius 2 is 1.62 bits per heavy atom. The summed E-state index contributed by atoms with van der Waals surface area (Å²) in [6.45, 7) is 4.49. The highest BCUT2D eigenvalue weighted by Gasteiger charge is 2.32. The number of benzene rings is 2. The summed E-state index contributed by atoms with van der Waals surface area (Å²) in [6.07, 6.45) is -11.2. The van der Waals surface area contributed by atoms with Gasteiger partial charge in [-0.05, 0) is 66.1 Å². The van der Waals surface area contributed by atoms with Crippen LogP contribution in [0.25, 0.3) is 11.1 Å². The number of amides is 1. The molecular formula is C28H29F6N5O5S. The Hall–Kier alpha value is -4.12. The minimum absolute atomic E-state index is 0.328. The number of carbonyl (C=O) groups excluding carboxylic acids is 1. The number of alkyl halides is 6. The first-order valence-corrected chi connectivity index (χ1v) is 15.3. The Bertz CT molecular complexity index is 1580. The fourth-order valence-corrected chi connectivity index (χ4v) is 5.54. The van der Waals surface area contributed by atoms with Gasteiger partial charge in [-0.1, -0.05) is 12.1 Å². The largest absolute Gasteiger partial charge is 0.573 e. The van der Waals surface area contributed by atoms with Crippen molar-refractivity contribution in [3.05, 3.63) is 65.9 Å². The normalized spacial score (nSPS) is 14.7. The fraction of sp³-hybridized carbons (Fsp3) is 0.393. The summed E-state index contributed by atoms with van der Waals surface area (Å²) in [5.74, 6) is -1.90. The molecule has 0 bridgehead atoms. The van der Waals surface area contributed by atoms with Crippen molar-refractivity contribution in [2.45, 2.75) is 32.4 Å². The van der Waals surface area contributed by atoms with Crippen LogP contribution in [0, 0.1) is 0 Å². The van der Waals surface area contributed by atoms with E-state index in [9.17, 15) is 39.6 Å². The highest BCUT2D eigenvalue weighted by Crippen LogP contribution is 2.32. The zero-order valence-electron chi connectivity index (χ0n) is 23.9. The lowest BCUT2D eigenvalue weighted by atomic mass is 10.0. The Labute approximate surface area is 255 Å². The molecule has 1 amide bonds. The third-order valence-corrected chi connectivity index (χ3v) is 7.80. The number of rotatable bonds is 11. The van der Waals surface area contributed by atoms with Crippen molar-refractivity contribution in [2.75, 3.05) is 43.4 Å². The average molecular weight is 662 g/mol. The molecule has 0 aliphatic carbocycles. The van der Waals surface area contributed by atoms with E-state index in [1.54, 1.807) is 35.1 Å². The molecule has 1 fully saturated rings. The van der Waals surface area contributed by atoms with Gasteiger partial charge in [-0.3, -0.25) is 9.69 Å². The van der Waals surface area contributed by atoms with Crippen LogP contribution >= 0.6 is 0 Å². The first kappa shape index (κ1) is 33.8. The van der Waals surface area contributed by atoms with Crippen LogP contribution in [0.5, 0.6) is 11.5 Å². The topological polar surface area (TPSA) is 114 Å². The highest BCUT2D eigenvalue weighted by molar-refractivity contribution is 7.90. The number of carbonyl (C=O) groups is 1. The molecular weight excluding hydrogens is 632 g/mol. The quantitative estimate of drug-likeness (QED) is 0.290. The molecule has 1 saturated heterocycles. The van der Waals surface area contributed by atoms with E-state index in [4.69, 9.17) is 4.74 Å². The molecule has 244 valence electrons. The van der Waals surface area contributed by atoms with Gasteiger partial charge in [-0.25, -0.2) is 13.1 Å². The highest BCUT2D eigenvalue weighted by atomic mass is 32.2. The molecule has 2 aromatic carbocycles. The van der Waals surface area contributed by atoms with Crippen molar-refractivity contribution in [3.8, 4) is 22.6 Å². The zero-order chi connectivity index (χ0) is 32.8. The van der Waals surface area contributed by atoms with Crippen LogP contribution in [0.2, 0.25) is 0 Å². The lowest BCUT2D eigenvalue weighted by Gasteiger charge is -2.35. The number of ether oxygens (including phenoxy) is 2. The van der Waals surface area contributed by atoms with Gasteiger partial charge in [0.2, 0.25) is 10.0 Å². The molecule has 4 rings (SSSR count). The number of piperazine rings is 1. The van der Waals surface area contributed by atoms with Crippen molar-refractivity contribution in [1.82, 2.24) is 19.8 Å². The summed E-state index contributed by atoms with van der Waals surface area (Å²) in [5, 5.41) is 7.66. The minimum Gasteiger partial charge on any atom is -0.494 e. The number of nitrogens with one attached hydrogen (secondary N) is 1. The van der Waals surface area contributed by atoms with E-state index in [-0.39, 0.29) is 5.75 Å². The van der Waals surface area contributed by atoms with E-state index in [0.29, 0.717) is 67.6 Å². The molecule has 3 aromatic rings. The van der Waals surface area contributed by atoms with Gasteiger partial charge in [0.05, 0.1) is 18.8 Å². The van der Waals surface area contributed by atoms with Crippen molar-refractivity contribution < 1.29 is 49.0 Å². The van der Waals surface area contributed by atoms with Crippen LogP contribution in [0.1, 0.15) is 29.4 Å². The maximum absolute atomic E-state index is 13.1. The van der Waals surface area contributed by atoms with E-state index in [1.807, 2.05) is 16.7 Å². The Morgan fingerprint density at radius 3 is 2.24 bits per heavy atom. The smallest absolute Gasteiger partial charge is 0.494 e. The SMILES string of the molecule is CCOc1cccc(-c2cc(CN3CCN(c4ccc(C(=O)NS(=O)(=O)CCC(F)(F)F)nn4)CC3)cc(OC(F)(F)F)c2)c1. The maximum Gasteiger partial charge on any atom is 0.573 e. The molecule has 1 N–H and O–H groups in total. The van der Waals surface area contributed by atoms with Gasteiger partial charge in [0.1, 0.15) is 11.5 Å². The van der Waals surface area contributed by atoms with Gasteiger partial charge in [-0.15, -0.1) is 23.4 Å². The standard InChI is InChI=1S/C28H29F6N5O5S/c1-2-43-22-5-3-4-20(16-22)21-14-19(15-23(17-21)44-28(32,33)34)18-38-9-11-39(12-10-38)25-7-6-24(35-36-25)26(40)37-45(41,42)13-8-27(29,30)31/h3-7,14-17H,2,8-13,18H2,1H3,(H,37,40). The second-order valence-electron chi connectivity index (χ2n) is 10.0. The molecule has 0 unspecified atom stereocenters. The summed E-state index contributed by atoms with van der Waals surface area (Å²) in [6, 6.07) is 14.1. The van der Waals surface area contributed by atoms with E-state index in [2.05, 4.69) is 14.9 Å². The summed E-state index contributed by atoms with van der Waals surface area (Å²) in [5.41, 5.74) is 1.40. The van der Waals surface area contributed by atoms with Crippen LogP contribution in [0.3, 0.4) is 0 Å². The number of aromatic nitrogens is 2. The number of hydrogen-bond donors (Lipinski definition) is 1.